The molecule has 4 heteroatoms. The normalized spacial score (nSPS) is 10.3. The maximum Gasteiger partial charge on any atom is 0.286 e. The molecule has 0 aliphatic carbocycles. The second kappa shape index (κ2) is 5.42. The summed E-state index contributed by atoms with van der Waals surface area (Å²) < 4.78 is 4.28. The minimum absolute atomic E-state index is 0. The van der Waals surface area contributed by atoms with E-state index in [1.807, 2.05) is 42.7 Å². The van der Waals surface area contributed by atoms with Gasteiger partial charge in [0.25, 0.3) is 5.65 Å². The van der Waals surface area contributed by atoms with Gasteiger partial charge in [0.2, 0.25) is 0 Å². The van der Waals surface area contributed by atoms with E-state index in [-0.39, 0.29) is 12.4 Å². The predicted octanol–water partition coefficient (Wildman–Crippen LogP) is -0.0675. The highest BCUT2D eigenvalue weighted by atomic mass is 35.5. The molecule has 18 heavy (non-hydrogen) atoms. The van der Waals surface area contributed by atoms with Crippen LogP contribution in [0.3, 0.4) is 0 Å². The zero-order chi connectivity index (χ0) is 11.7. The van der Waals surface area contributed by atoms with Crippen LogP contribution < -0.4 is 17.0 Å². The minimum atomic E-state index is 0. The Kier molecular flexibility index (Phi) is 3.90. The summed E-state index contributed by atoms with van der Waals surface area (Å²) >= 11 is 6.17. The number of hydrogen-bond donors (Lipinski definition) is 0. The van der Waals surface area contributed by atoms with Gasteiger partial charge in [-0.1, -0.05) is 35.9 Å². The molecule has 0 fully saturated rings. The number of hydrogen-bond acceptors (Lipinski definition) is 0. The largest absolute Gasteiger partial charge is 1.00 e. The van der Waals surface area contributed by atoms with Gasteiger partial charge in [0.05, 0.1) is 6.20 Å². The third-order valence-electron chi connectivity index (χ3n) is 2.87. The predicted molar refractivity (Wildman–Crippen MR) is 68.1 cm³/mol. The lowest BCUT2D eigenvalue weighted by Gasteiger charge is -2.01. The lowest BCUT2D eigenvalue weighted by atomic mass is 10.2. The molecule has 0 amide bonds. The highest BCUT2D eigenvalue weighted by Crippen LogP contribution is 2.14. The van der Waals surface area contributed by atoms with Crippen molar-refractivity contribution < 1.29 is 17.0 Å². The first-order valence-electron chi connectivity index (χ1n) is 5.53. The first kappa shape index (κ1) is 12.9. The Balaban J connectivity index is 0.00000120. The van der Waals surface area contributed by atoms with Crippen molar-refractivity contribution >= 4 is 17.2 Å². The maximum absolute atomic E-state index is 6.17. The molecule has 3 rings (SSSR count). The van der Waals surface area contributed by atoms with Crippen molar-refractivity contribution in [3.8, 4) is 0 Å². The van der Waals surface area contributed by atoms with Gasteiger partial charge < -0.3 is 12.4 Å². The van der Waals surface area contributed by atoms with Crippen LogP contribution in [0.15, 0.2) is 61.1 Å². The Bertz CT molecular complexity index is 661. The quantitative estimate of drug-likeness (QED) is 0.581. The van der Waals surface area contributed by atoms with Crippen LogP contribution in [0, 0.1) is 0 Å². The fourth-order valence-corrected chi connectivity index (χ4v) is 2.18. The van der Waals surface area contributed by atoms with Crippen molar-refractivity contribution in [2.45, 2.75) is 6.54 Å². The van der Waals surface area contributed by atoms with Crippen LogP contribution in [0.1, 0.15) is 5.56 Å². The van der Waals surface area contributed by atoms with E-state index >= 15 is 0 Å². The number of aromatic nitrogens is 2. The number of nitrogens with zero attached hydrogens (tertiary/aromatic N) is 2. The minimum Gasteiger partial charge on any atom is -1.00 e. The van der Waals surface area contributed by atoms with E-state index in [0.717, 1.165) is 22.8 Å². The van der Waals surface area contributed by atoms with Crippen LogP contribution in [-0.4, -0.2) is 4.40 Å². The van der Waals surface area contributed by atoms with Crippen LogP contribution in [0.2, 0.25) is 5.02 Å². The van der Waals surface area contributed by atoms with E-state index in [1.54, 1.807) is 0 Å². The number of rotatable bonds is 2. The lowest BCUT2D eigenvalue weighted by molar-refractivity contribution is -0.661. The summed E-state index contributed by atoms with van der Waals surface area (Å²) in [4.78, 5) is 0. The fourth-order valence-electron chi connectivity index (χ4n) is 1.99. The van der Waals surface area contributed by atoms with Crippen LogP contribution in [0.25, 0.3) is 5.65 Å². The fraction of sp³-hybridized carbons (Fsp3) is 0.0714. The van der Waals surface area contributed by atoms with Gasteiger partial charge in [-0.2, -0.15) is 0 Å². The Labute approximate surface area is 117 Å². The molecule has 0 aliphatic rings. The van der Waals surface area contributed by atoms with Gasteiger partial charge in [0, 0.05) is 16.7 Å². The number of imidazole rings is 1. The van der Waals surface area contributed by atoms with E-state index in [9.17, 15) is 0 Å². The summed E-state index contributed by atoms with van der Waals surface area (Å²) in [7, 11) is 0. The SMILES string of the molecule is Clc1ccccc1C[n+]1ccn2ccccc21.[Cl-]. The number of pyridine rings is 1. The molecule has 3 aromatic rings. The van der Waals surface area contributed by atoms with Crippen LogP contribution >= 0.6 is 11.6 Å². The highest BCUT2D eigenvalue weighted by molar-refractivity contribution is 6.31. The van der Waals surface area contributed by atoms with E-state index in [1.165, 1.54) is 0 Å². The summed E-state index contributed by atoms with van der Waals surface area (Å²) in [5.74, 6) is 0. The first-order valence-corrected chi connectivity index (χ1v) is 5.91. The van der Waals surface area contributed by atoms with Gasteiger partial charge in [0.15, 0.2) is 0 Å². The highest BCUT2D eigenvalue weighted by Gasteiger charge is 2.10. The van der Waals surface area contributed by atoms with Gasteiger partial charge in [-0.05, 0) is 12.1 Å². The van der Waals surface area contributed by atoms with Crippen LogP contribution in [0.5, 0.6) is 0 Å². The molecular weight excluding hydrogens is 267 g/mol. The average molecular weight is 279 g/mol. The lowest BCUT2D eigenvalue weighted by Crippen LogP contribution is -3.00. The van der Waals surface area contributed by atoms with Gasteiger partial charge >= 0.3 is 0 Å². The van der Waals surface area contributed by atoms with Gasteiger partial charge in [-0.3, -0.25) is 0 Å². The second-order valence-corrected chi connectivity index (χ2v) is 4.39. The van der Waals surface area contributed by atoms with Crippen molar-refractivity contribution in [3.05, 3.63) is 71.6 Å². The van der Waals surface area contributed by atoms with Crippen LogP contribution in [0.4, 0.5) is 0 Å². The van der Waals surface area contributed by atoms with Crippen LogP contribution in [-0.2, 0) is 6.54 Å². The second-order valence-electron chi connectivity index (χ2n) is 3.98. The number of benzene rings is 1. The molecule has 0 radical (unpaired) electrons. The molecule has 0 atom stereocenters. The summed E-state index contributed by atoms with van der Waals surface area (Å²) in [6.45, 7) is 0.792. The molecule has 2 heterocycles. The van der Waals surface area contributed by atoms with Gasteiger partial charge in [-0.25, -0.2) is 8.97 Å². The standard InChI is InChI=1S/C14H12ClN2.ClH/c15-13-6-2-1-5-12(13)11-17-10-9-16-8-4-3-7-14(16)17;/h1-10H,11H2;1H/q+1;/p-1. The molecule has 0 N–H and O–H groups in total. The summed E-state index contributed by atoms with van der Waals surface area (Å²) in [6.07, 6.45) is 6.16. The number of fused-ring (bicyclic) bond motifs is 1. The van der Waals surface area contributed by atoms with E-state index in [2.05, 4.69) is 27.3 Å². The molecule has 0 spiro atoms. The Morgan fingerprint density at radius 2 is 1.78 bits per heavy atom. The Morgan fingerprint density at radius 3 is 2.61 bits per heavy atom. The van der Waals surface area contributed by atoms with Crippen molar-refractivity contribution in [3.63, 3.8) is 0 Å². The maximum atomic E-state index is 6.17. The third kappa shape index (κ3) is 2.35. The molecule has 2 nitrogen and oxygen atoms in total. The average Bonchev–Trinajstić information content (AvgIpc) is 2.76. The summed E-state index contributed by atoms with van der Waals surface area (Å²) in [5, 5.41) is 0.815. The molecule has 0 saturated heterocycles. The molecule has 2 aromatic heterocycles. The van der Waals surface area contributed by atoms with E-state index in [0.29, 0.717) is 0 Å². The van der Waals surface area contributed by atoms with Crippen molar-refractivity contribution in [1.82, 2.24) is 4.40 Å². The van der Waals surface area contributed by atoms with Crippen molar-refractivity contribution in [2.24, 2.45) is 0 Å². The van der Waals surface area contributed by atoms with Crippen molar-refractivity contribution in [1.29, 1.82) is 0 Å². The van der Waals surface area contributed by atoms with Crippen molar-refractivity contribution in [2.75, 3.05) is 0 Å². The van der Waals surface area contributed by atoms with E-state index in [4.69, 9.17) is 11.6 Å². The first-order chi connectivity index (χ1) is 8.34. The monoisotopic (exact) mass is 278 g/mol. The molecule has 0 saturated carbocycles. The van der Waals surface area contributed by atoms with Gasteiger partial charge in [0.1, 0.15) is 18.9 Å². The Morgan fingerprint density at radius 1 is 1.00 bits per heavy atom. The molecule has 0 aliphatic heterocycles. The summed E-state index contributed by atoms with van der Waals surface area (Å²) in [5.41, 5.74) is 2.29. The smallest absolute Gasteiger partial charge is 0.286 e. The molecule has 92 valence electrons. The zero-order valence-electron chi connectivity index (χ0n) is 9.63. The van der Waals surface area contributed by atoms with E-state index < -0.39 is 0 Å². The summed E-state index contributed by atoms with van der Waals surface area (Å²) in [6, 6.07) is 14.1. The zero-order valence-corrected chi connectivity index (χ0v) is 11.1. The molecular formula is C14H12Cl2N2. The molecule has 0 bridgehead atoms. The topological polar surface area (TPSA) is 8.29 Å². The number of halogens is 2. The Hall–Kier alpha value is -1.51. The van der Waals surface area contributed by atoms with Gasteiger partial charge in [-0.15, -0.1) is 0 Å². The third-order valence-corrected chi connectivity index (χ3v) is 3.24. The molecule has 0 unspecified atom stereocenters. The molecule has 1 aromatic carbocycles.